The maximum Gasteiger partial charge on any atom is 0.371 e. The Kier molecular flexibility index (Phi) is 3.91. The molecule has 15 heavy (non-hydrogen) atoms. The van der Waals surface area contributed by atoms with Gasteiger partial charge in [0.1, 0.15) is 5.76 Å². The molecule has 0 spiro atoms. The summed E-state index contributed by atoms with van der Waals surface area (Å²) in [5, 5.41) is 12.0. The van der Waals surface area contributed by atoms with Crippen molar-refractivity contribution >= 4 is 5.97 Å². The molecule has 0 aliphatic rings. The fourth-order valence-corrected chi connectivity index (χ4v) is 1.23. The minimum absolute atomic E-state index is 0.00783. The number of carboxylic acid groups (broad SMARTS) is 1. The van der Waals surface area contributed by atoms with Gasteiger partial charge < -0.3 is 14.8 Å². The van der Waals surface area contributed by atoms with Gasteiger partial charge in [0.2, 0.25) is 5.76 Å². The number of furan rings is 1. The van der Waals surface area contributed by atoms with Gasteiger partial charge in [-0.25, -0.2) is 4.79 Å². The first kappa shape index (κ1) is 11.8. The number of carboxylic acids is 1. The largest absolute Gasteiger partial charge is 0.475 e. The molecule has 1 heterocycles. The fourth-order valence-electron chi connectivity index (χ4n) is 1.23. The Bertz CT molecular complexity index is 344. The van der Waals surface area contributed by atoms with Gasteiger partial charge in [-0.05, 0) is 26.3 Å². The molecule has 0 fully saturated rings. The lowest BCUT2D eigenvalue weighted by molar-refractivity contribution is 0.0661. The molecule has 84 valence electrons. The van der Waals surface area contributed by atoms with E-state index in [1.807, 2.05) is 0 Å². The Hall–Kier alpha value is -1.29. The summed E-state index contributed by atoms with van der Waals surface area (Å²) in [4.78, 5) is 10.6. The predicted molar refractivity (Wildman–Crippen MR) is 57.0 cm³/mol. The van der Waals surface area contributed by atoms with E-state index in [9.17, 15) is 4.79 Å². The van der Waals surface area contributed by atoms with Gasteiger partial charge in [-0.1, -0.05) is 6.92 Å². The molecule has 0 amide bonds. The average molecular weight is 211 g/mol. The molecule has 0 radical (unpaired) electrons. The molecule has 0 saturated heterocycles. The van der Waals surface area contributed by atoms with Crippen LogP contribution in [0, 0.1) is 6.92 Å². The lowest BCUT2D eigenvalue weighted by Gasteiger charge is -2.09. The maximum absolute atomic E-state index is 10.6. The van der Waals surface area contributed by atoms with Crippen LogP contribution in [0.1, 0.15) is 42.1 Å². The standard InChI is InChI=1S/C11H17NO3/c1-4-7(2)12-6-9-5-10(11(13)14)15-8(9)3/h5,7,12H,4,6H2,1-3H3,(H,13,14). The Morgan fingerprint density at radius 1 is 1.67 bits per heavy atom. The van der Waals surface area contributed by atoms with Crippen molar-refractivity contribution in [3.05, 3.63) is 23.2 Å². The first-order chi connectivity index (χ1) is 7.04. The molecule has 0 saturated carbocycles. The van der Waals surface area contributed by atoms with Crippen LogP contribution in [0.25, 0.3) is 0 Å². The minimum Gasteiger partial charge on any atom is -0.475 e. The van der Waals surface area contributed by atoms with Crippen LogP contribution in [0.5, 0.6) is 0 Å². The summed E-state index contributed by atoms with van der Waals surface area (Å²) in [5.41, 5.74) is 0.910. The highest BCUT2D eigenvalue weighted by atomic mass is 16.4. The Labute approximate surface area is 89.3 Å². The van der Waals surface area contributed by atoms with Gasteiger partial charge in [0.25, 0.3) is 0 Å². The second kappa shape index (κ2) is 4.98. The summed E-state index contributed by atoms with van der Waals surface area (Å²) in [7, 11) is 0. The third-order valence-corrected chi connectivity index (χ3v) is 2.48. The molecule has 0 aliphatic heterocycles. The van der Waals surface area contributed by atoms with E-state index >= 15 is 0 Å². The SMILES string of the molecule is CCC(C)NCc1cc(C(=O)O)oc1C. The molecule has 4 nitrogen and oxygen atoms in total. The lowest BCUT2D eigenvalue weighted by atomic mass is 10.2. The third-order valence-electron chi connectivity index (χ3n) is 2.48. The molecule has 1 aromatic rings. The highest BCUT2D eigenvalue weighted by Gasteiger charge is 2.12. The van der Waals surface area contributed by atoms with E-state index in [1.165, 1.54) is 0 Å². The first-order valence-electron chi connectivity index (χ1n) is 5.10. The highest BCUT2D eigenvalue weighted by molar-refractivity contribution is 5.84. The van der Waals surface area contributed by atoms with Gasteiger partial charge in [-0.3, -0.25) is 0 Å². The molecule has 1 aromatic heterocycles. The summed E-state index contributed by atoms with van der Waals surface area (Å²) in [5.74, 6) is -0.343. The minimum atomic E-state index is -1.02. The summed E-state index contributed by atoms with van der Waals surface area (Å²) >= 11 is 0. The van der Waals surface area contributed by atoms with E-state index in [0.717, 1.165) is 12.0 Å². The van der Waals surface area contributed by atoms with Crippen molar-refractivity contribution in [1.29, 1.82) is 0 Å². The molecular formula is C11H17NO3. The smallest absolute Gasteiger partial charge is 0.371 e. The average Bonchev–Trinajstić information content (AvgIpc) is 2.56. The van der Waals surface area contributed by atoms with Crippen LogP contribution < -0.4 is 5.32 Å². The summed E-state index contributed by atoms with van der Waals surface area (Å²) in [6, 6.07) is 2.00. The second-order valence-electron chi connectivity index (χ2n) is 3.69. The van der Waals surface area contributed by atoms with Crippen LogP contribution in [0.2, 0.25) is 0 Å². The van der Waals surface area contributed by atoms with Crippen LogP contribution in [0.3, 0.4) is 0 Å². The number of hydrogen-bond donors (Lipinski definition) is 2. The van der Waals surface area contributed by atoms with Gasteiger partial charge >= 0.3 is 5.97 Å². The summed E-state index contributed by atoms with van der Waals surface area (Å²) in [6.07, 6.45) is 1.04. The van der Waals surface area contributed by atoms with Gasteiger partial charge in [-0.15, -0.1) is 0 Å². The maximum atomic E-state index is 10.6. The molecule has 0 bridgehead atoms. The van der Waals surface area contributed by atoms with Crippen molar-refractivity contribution < 1.29 is 14.3 Å². The van der Waals surface area contributed by atoms with Crippen molar-refractivity contribution in [3.63, 3.8) is 0 Å². The van der Waals surface area contributed by atoms with Crippen molar-refractivity contribution in [2.75, 3.05) is 0 Å². The zero-order valence-corrected chi connectivity index (χ0v) is 9.33. The number of rotatable bonds is 5. The highest BCUT2D eigenvalue weighted by Crippen LogP contribution is 2.14. The number of carbonyl (C=O) groups is 1. The van der Waals surface area contributed by atoms with Gasteiger partial charge in [0.05, 0.1) is 0 Å². The summed E-state index contributed by atoms with van der Waals surface area (Å²) in [6.45, 7) is 6.62. The van der Waals surface area contributed by atoms with E-state index in [1.54, 1.807) is 13.0 Å². The number of hydrogen-bond acceptors (Lipinski definition) is 3. The zero-order chi connectivity index (χ0) is 11.4. The molecule has 1 atom stereocenters. The number of nitrogens with one attached hydrogen (secondary N) is 1. The van der Waals surface area contributed by atoms with E-state index < -0.39 is 5.97 Å². The normalized spacial score (nSPS) is 12.7. The Morgan fingerprint density at radius 2 is 2.33 bits per heavy atom. The van der Waals surface area contributed by atoms with Crippen LogP contribution in [0.15, 0.2) is 10.5 Å². The number of aromatic carboxylic acids is 1. The van der Waals surface area contributed by atoms with Crippen molar-refractivity contribution in [3.8, 4) is 0 Å². The Balaban J connectivity index is 2.65. The Morgan fingerprint density at radius 3 is 2.80 bits per heavy atom. The van der Waals surface area contributed by atoms with Crippen molar-refractivity contribution in [1.82, 2.24) is 5.32 Å². The first-order valence-corrected chi connectivity index (χ1v) is 5.10. The van der Waals surface area contributed by atoms with Crippen LogP contribution in [-0.2, 0) is 6.54 Å². The molecule has 0 aliphatic carbocycles. The zero-order valence-electron chi connectivity index (χ0n) is 9.33. The van der Waals surface area contributed by atoms with Crippen LogP contribution in [-0.4, -0.2) is 17.1 Å². The van der Waals surface area contributed by atoms with Crippen LogP contribution >= 0.6 is 0 Å². The molecule has 1 unspecified atom stereocenters. The quantitative estimate of drug-likeness (QED) is 0.783. The van der Waals surface area contributed by atoms with Gasteiger partial charge in [0.15, 0.2) is 0 Å². The molecule has 1 rings (SSSR count). The second-order valence-corrected chi connectivity index (χ2v) is 3.69. The van der Waals surface area contributed by atoms with Crippen molar-refractivity contribution in [2.24, 2.45) is 0 Å². The lowest BCUT2D eigenvalue weighted by Crippen LogP contribution is -2.24. The molecular weight excluding hydrogens is 194 g/mol. The van der Waals surface area contributed by atoms with Gasteiger partial charge in [0, 0.05) is 18.2 Å². The van der Waals surface area contributed by atoms with E-state index in [2.05, 4.69) is 19.2 Å². The monoisotopic (exact) mass is 211 g/mol. The number of aryl methyl sites for hydroxylation is 1. The predicted octanol–water partition coefficient (Wildman–Crippen LogP) is 2.17. The van der Waals surface area contributed by atoms with Crippen LogP contribution in [0.4, 0.5) is 0 Å². The molecule has 2 N–H and O–H groups in total. The molecule has 4 heteroatoms. The van der Waals surface area contributed by atoms with E-state index in [0.29, 0.717) is 18.3 Å². The fraction of sp³-hybridized carbons (Fsp3) is 0.545. The topological polar surface area (TPSA) is 62.5 Å². The van der Waals surface area contributed by atoms with E-state index in [4.69, 9.17) is 9.52 Å². The van der Waals surface area contributed by atoms with Crippen molar-refractivity contribution in [2.45, 2.75) is 39.8 Å². The van der Waals surface area contributed by atoms with E-state index in [-0.39, 0.29) is 5.76 Å². The van der Waals surface area contributed by atoms with Gasteiger partial charge in [-0.2, -0.15) is 0 Å². The summed E-state index contributed by atoms with van der Waals surface area (Å²) < 4.78 is 5.10. The molecule has 0 aromatic carbocycles. The third kappa shape index (κ3) is 3.09.